The van der Waals surface area contributed by atoms with Crippen molar-refractivity contribution in [3.63, 3.8) is 0 Å². The maximum Gasteiger partial charge on any atom is 0.341 e. The average molecular weight is 272 g/mol. The number of carbonyl (C=O) groups excluding carboxylic acids is 1. The number of ether oxygens (including phenoxy) is 2. The predicted octanol–water partition coefficient (Wildman–Crippen LogP) is 2.96. The smallest absolute Gasteiger partial charge is 0.341 e. The zero-order valence-electron chi connectivity index (χ0n) is 10.7. The van der Waals surface area contributed by atoms with Crippen molar-refractivity contribution in [2.45, 2.75) is 0 Å². The van der Waals surface area contributed by atoms with Crippen molar-refractivity contribution < 1.29 is 24.2 Å². The van der Waals surface area contributed by atoms with Gasteiger partial charge in [-0.3, -0.25) is 0 Å². The molecule has 0 fully saturated rings. The van der Waals surface area contributed by atoms with Crippen LogP contribution in [0.3, 0.4) is 0 Å². The fraction of sp³-hybridized carbons (Fsp3) is 0.0667. The number of aromatic carboxylic acids is 1. The highest BCUT2D eigenvalue weighted by Gasteiger charge is 2.16. The number of hydrogen-bond acceptors (Lipinski definition) is 4. The molecule has 0 saturated heterocycles. The summed E-state index contributed by atoms with van der Waals surface area (Å²) in [6.45, 7) is 0. The van der Waals surface area contributed by atoms with Gasteiger partial charge in [0.05, 0.1) is 7.11 Å². The fourth-order valence-electron chi connectivity index (χ4n) is 1.69. The van der Waals surface area contributed by atoms with Crippen molar-refractivity contribution in [2.24, 2.45) is 0 Å². The molecule has 0 aliphatic carbocycles. The van der Waals surface area contributed by atoms with Crippen molar-refractivity contribution in [1.29, 1.82) is 0 Å². The van der Waals surface area contributed by atoms with Gasteiger partial charge in [-0.25, -0.2) is 9.59 Å². The van der Waals surface area contributed by atoms with Gasteiger partial charge in [-0.15, -0.1) is 0 Å². The molecule has 2 aromatic carbocycles. The lowest BCUT2D eigenvalue weighted by Crippen LogP contribution is -2.05. The number of carboxylic acid groups (broad SMARTS) is 1. The van der Waals surface area contributed by atoms with E-state index in [2.05, 4.69) is 4.74 Å². The van der Waals surface area contributed by atoms with Gasteiger partial charge in [-0.1, -0.05) is 24.3 Å². The molecule has 0 heterocycles. The molecular formula is C15H12O5. The summed E-state index contributed by atoms with van der Waals surface area (Å²) in [7, 11) is 1.27. The van der Waals surface area contributed by atoms with Crippen molar-refractivity contribution in [2.75, 3.05) is 7.11 Å². The Morgan fingerprint density at radius 3 is 1.95 bits per heavy atom. The SMILES string of the molecule is COC(=O)c1ccccc1Oc1ccccc1C(=O)O. The van der Waals surface area contributed by atoms with E-state index in [0.29, 0.717) is 0 Å². The Morgan fingerprint density at radius 2 is 1.40 bits per heavy atom. The molecule has 0 atom stereocenters. The van der Waals surface area contributed by atoms with E-state index in [0.717, 1.165) is 0 Å². The third-order valence-electron chi connectivity index (χ3n) is 2.63. The molecule has 0 bridgehead atoms. The first kappa shape index (κ1) is 13.6. The van der Waals surface area contributed by atoms with E-state index in [1.807, 2.05) is 0 Å². The lowest BCUT2D eigenvalue weighted by Gasteiger charge is -2.11. The van der Waals surface area contributed by atoms with E-state index < -0.39 is 11.9 Å². The number of benzene rings is 2. The summed E-state index contributed by atoms with van der Waals surface area (Å²) < 4.78 is 10.2. The quantitative estimate of drug-likeness (QED) is 0.866. The Kier molecular flexibility index (Phi) is 4.00. The van der Waals surface area contributed by atoms with Crippen molar-refractivity contribution in [1.82, 2.24) is 0 Å². The highest BCUT2D eigenvalue weighted by atomic mass is 16.5. The van der Waals surface area contributed by atoms with E-state index in [1.54, 1.807) is 36.4 Å². The standard InChI is InChI=1S/C15H12O5/c1-19-15(18)11-7-3-5-9-13(11)20-12-8-4-2-6-10(12)14(16)17/h2-9H,1H3,(H,16,17). The van der Waals surface area contributed by atoms with Gasteiger partial charge in [-0.05, 0) is 24.3 Å². The van der Waals surface area contributed by atoms with Crippen LogP contribution < -0.4 is 4.74 Å². The summed E-state index contributed by atoms with van der Waals surface area (Å²) in [6, 6.07) is 12.7. The summed E-state index contributed by atoms with van der Waals surface area (Å²) in [6.07, 6.45) is 0. The summed E-state index contributed by atoms with van der Waals surface area (Å²) in [4.78, 5) is 22.7. The Morgan fingerprint density at radius 1 is 0.900 bits per heavy atom. The molecule has 0 saturated carbocycles. The molecule has 1 N–H and O–H groups in total. The minimum Gasteiger partial charge on any atom is -0.478 e. The molecule has 0 aromatic heterocycles. The first-order valence-corrected chi connectivity index (χ1v) is 5.81. The van der Waals surface area contributed by atoms with Crippen LogP contribution in [0.4, 0.5) is 0 Å². The van der Waals surface area contributed by atoms with Crippen LogP contribution in [0.2, 0.25) is 0 Å². The molecule has 0 spiro atoms. The molecule has 102 valence electrons. The van der Waals surface area contributed by atoms with Gasteiger partial charge in [0, 0.05) is 0 Å². The molecule has 0 aliphatic heterocycles. The minimum absolute atomic E-state index is 0.0205. The number of para-hydroxylation sites is 2. The minimum atomic E-state index is -1.10. The van der Waals surface area contributed by atoms with Crippen LogP contribution in [0.1, 0.15) is 20.7 Å². The third-order valence-corrected chi connectivity index (χ3v) is 2.63. The zero-order valence-corrected chi connectivity index (χ0v) is 10.7. The number of carbonyl (C=O) groups is 2. The second kappa shape index (κ2) is 5.88. The highest BCUT2D eigenvalue weighted by molar-refractivity contribution is 5.93. The maximum absolute atomic E-state index is 11.6. The first-order chi connectivity index (χ1) is 9.63. The van der Waals surface area contributed by atoms with E-state index in [4.69, 9.17) is 9.84 Å². The molecule has 20 heavy (non-hydrogen) atoms. The highest BCUT2D eigenvalue weighted by Crippen LogP contribution is 2.28. The van der Waals surface area contributed by atoms with Crippen LogP contribution in [0.15, 0.2) is 48.5 Å². The molecule has 0 radical (unpaired) electrons. The molecule has 0 unspecified atom stereocenters. The second-order valence-corrected chi connectivity index (χ2v) is 3.89. The van der Waals surface area contributed by atoms with E-state index in [-0.39, 0.29) is 22.6 Å². The Hall–Kier alpha value is -2.82. The van der Waals surface area contributed by atoms with Gasteiger partial charge in [0.15, 0.2) is 0 Å². The molecular weight excluding hydrogens is 260 g/mol. The normalized spacial score (nSPS) is 9.85. The Balaban J connectivity index is 2.41. The summed E-state index contributed by atoms with van der Waals surface area (Å²) in [5.74, 6) is -1.24. The number of methoxy groups -OCH3 is 1. The van der Waals surface area contributed by atoms with Crippen LogP contribution in [0.5, 0.6) is 11.5 Å². The fourth-order valence-corrected chi connectivity index (χ4v) is 1.69. The third kappa shape index (κ3) is 2.77. The van der Waals surface area contributed by atoms with Crippen molar-refractivity contribution in [3.8, 4) is 11.5 Å². The Bertz CT molecular complexity index is 648. The van der Waals surface area contributed by atoms with Crippen LogP contribution in [-0.4, -0.2) is 24.2 Å². The molecule has 5 heteroatoms. The Labute approximate surface area is 115 Å². The van der Waals surface area contributed by atoms with Crippen LogP contribution in [0, 0.1) is 0 Å². The zero-order chi connectivity index (χ0) is 14.5. The average Bonchev–Trinajstić information content (AvgIpc) is 2.47. The van der Waals surface area contributed by atoms with Gasteiger partial charge >= 0.3 is 11.9 Å². The molecule has 2 aromatic rings. The number of esters is 1. The second-order valence-electron chi connectivity index (χ2n) is 3.89. The molecule has 5 nitrogen and oxygen atoms in total. The van der Waals surface area contributed by atoms with E-state index in [1.165, 1.54) is 19.2 Å². The maximum atomic E-state index is 11.6. The first-order valence-electron chi connectivity index (χ1n) is 5.81. The van der Waals surface area contributed by atoms with Gasteiger partial charge < -0.3 is 14.6 Å². The largest absolute Gasteiger partial charge is 0.478 e. The van der Waals surface area contributed by atoms with E-state index in [9.17, 15) is 9.59 Å². The van der Waals surface area contributed by atoms with Gasteiger partial charge in [0.1, 0.15) is 22.6 Å². The lowest BCUT2D eigenvalue weighted by atomic mass is 10.2. The predicted molar refractivity (Wildman–Crippen MR) is 71.3 cm³/mol. The van der Waals surface area contributed by atoms with E-state index >= 15 is 0 Å². The molecule has 2 rings (SSSR count). The van der Waals surface area contributed by atoms with Crippen LogP contribution >= 0.6 is 0 Å². The topological polar surface area (TPSA) is 72.8 Å². The lowest BCUT2D eigenvalue weighted by molar-refractivity contribution is 0.0597. The van der Waals surface area contributed by atoms with Crippen molar-refractivity contribution >= 4 is 11.9 Å². The van der Waals surface area contributed by atoms with Gasteiger partial charge in [0.25, 0.3) is 0 Å². The van der Waals surface area contributed by atoms with Crippen molar-refractivity contribution in [3.05, 3.63) is 59.7 Å². The van der Waals surface area contributed by atoms with Crippen LogP contribution in [0.25, 0.3) is 0 Å². The van der Waals surface area contributed by atoms with Gasteiger partial charge in [-0.2, -0.15) is 0 Å². The monoisotopic (exact) mass is 272 g/mol. The molecule has 0 aliphatic rings. The number of rotatable bonds is 4. The number of hydrogen-bond donors (Lipinski definition) is 1. The summed E-state index contributed by atoms with van der Waals surface area (Å²) >= 11 is 0. The number of carboxylic acids is 1. The molecule has 0 amide bonds. The van der Waals surface area contributed by atoms with Gasteiger partial charge in [0.2, 0.25) is 0 Å². The summed E-state index contributed by atoms with van der Waals surface area (Å²) in [5, 5.41) is 9.10. The van der Waals surface area contributed by atoms with Crippen LogP contribution in [-0.2, 0) is 4.74 Å². The summed E-state index contributed by atoms with van der Waals surface area (Å²) in [5.41, 5.74) is 0.252.